The van der Waals surface area contributed by atoms with Crippen molar-refractivity contribution in [3.8, 4) is 0 Å². The Balaban J connectivity index is 1.44. The predicted molar refractivity (Wildman–Crippen MR) is 124 cm³/mol. The number of carbonyl (C=O) groups excluding carboxylic acids is 2. The van der Waals surface area contributed by atoms with Crippen molar-refractivity contribution in [2.45, 2.75) is 19.1 Å². The lowest BCUT2D eigenvalue weighted by atomic mass is 10.1. The molecule has 0 radical (unpaired) electrons. The molecule has 3 aromatic carbocycles. The Morgan fingerprint density at radius 1 is 0.824 bits per heavy atom. The first kappa shape index (κ1) is 23.0. The van der Waals surface area contributed by atoms with Crippen molar-refractivity contribution >= 4 is 23.2 Å². The Hall–Kier alpha value is -4.20. The first-order valence-corrected chi connectivity index (χ1v) is 10.5. The molecule has 2 N–H and O–H groups in total. The largest absolute Gasteiger partial charge is 0.416 e. The van der Waals surface area contributed by atoms with Crippen LogP contribution in [0, 0.1) is 0 Å². The Morgan fingerprint density at radius 3 is 2.15 bits per heavy atom. The average molecular weight is 463 g/mol. The third-order valence-corrected chi connectivity index (χ3v) is 5.26. The molecular weight excluding hydrogens is 443 g/mol. The molecule has 0 bridgehead atoms. The topological polar surface area (TPSA) is 70.6 Å². The number of amides is 2. The number of nitrogens with zero attached hydrogens (tertiary/aromatic N) is 1. The molecule has 8 heteroatoms. The normalized spacial score (nSPS) is 15.4. The number of carbonyl (C=O) groups is 2. The molecular formula is C26H20F3N3O2. The van der Waals surface area contributed by atoms with Crippen LogP contribution in [0.2, 0.25) is 0 Å². The van der Waals surface area contributed by atoms with Gasteiger partial charge in [-0.05, 0) is 61.0 Å². The van der Waals surface area contributed by atoms with Gasteiger partial charge in [-0.2, -0.15) is 13.2 Å². The van der Waals surface area contributed by atoms with Crippen LogP contribution in [-0.4, -0.2) is 23.6 Å². The minimum absolute atomic E-state index is 0.0881. The van der Waals surface area contributed by atoms with E-state index in [-0.39, 0.29) is 17.5 Å². The minimum atomic E-state index is -4.53. The second-order valence-electron chi connectivity index (χ2n) is 7.72. The van der Waals surface area contributed by atoms with Crippen LogP contribution < -0.4 is 10.6 Å². The molecule has 0 spiro atoms. The number of allylic oxidation sites excluding steroid dienone is 1. The highest BCUT2D eigenvalue weighted by atomic mass is 19.4. The maximum atomic E-state index is 12.9. The Labute approximate surface area is 194 Å². The molecule has 2 amide bonds. The summed E-state index contributed by atoms with van der Waals surface area (Å²) in [7, 11) is 0. The number of hydrogen-bond donors (Lipinski definition) is 2. The summed E-state index contributed by atoms with van der Waals surface area (Å²) in [5.74, 6) is -0.862. The molecule has 0 aromatic heterocycles. The molecule has 0 saturated carbocycles. The van der Waals surface area contributed by atoms with Crippen LogP contribution in [0.1, 0.15) is 38.8 Å². The highest BCUT2D eigenvalue weighted by Crippen LogP contribution is 2.29. The van der Waals surface area contributed by atoms with E-state index in [1.165, 1.54) is 12.1 Å². The van der Waals surface area contributed by atoms with Gasteiger partial charge in [0, 0.05) is 22.5 Å². The van der Waals surface area contributed by atoms with E-state index in [4.69, 9.17) is 0 Å². The fraction of sp³-hybridized carbons (Fsp3) is 0.115. The summed E-state index contributed by atoms with van der Waals surface area (Å²) >= 11 is 0. The highest BCUT2D eigenvalue weighted by Gasteiger charge is 2.31. The van der Waals surface area contributed by atoms with Crippen molar-refractivity contribution in [2.75, 3.05) is 5.32 Å². The van der Waals surface area contributed by atoms with Gasteiger partial charge in [0.05, 0.1) is 17.3 Å². The summed E-state index contributed by atoms with van der Waals surface area (Å²) in [6.45, 7) is 1.78. The van der Waals surface area contributed by atoms with Gasteiger partial charge in [0.25, 0.3) is 11.8 Å². The van der Waals surface area contributed by atoms with E-state index in [0.717, 1.165) is 17.7 Å². The molecule has 5 nitrogen and oxygen atoms in total. The van der Waals surface area contributed by atoms with Crippen molar-refractivity contribution in [1.29, 1.82) is 0 Å². The van der Waals surface area contributed by atoms with Crippen molar-refractivity contribution < 1.29 is 22.8 Å². The van der Waals surface area contributed by atoms with E-state index in [0.29, 0.717) is 22.7 Å². The minimum Gasteiger partial charge on any atom is -0.323 e. The number of anilines is 1. The summed E-state index contributed by atoms with van der Waals surface area (Å²) in [6.07, 6.45) is -2.84. The van der Waals surface area contributed by atoms with E-state index in [9.17, 15) is 22.8 Å². The fourth-order valence-corrected chi connectivity index (χ4v) is 3.44. The van der Waals surface area contributed by atoms with Crippen molar-refractivity contribution in [3.63, 3.8) is 0 Å². The summed E-state index contributed by atoms with van der Waals surface area (Å²) in [6, 6.07) is 19.8. The lowest BCUT2D eigenvalue weighted by Crippen LogP contribution is -2.26. The molecule has 3 aromatic rings. The number of benzene rings is 3. The van der Waals surface area contributed by atoms with Crippen molar-refractivity contribution in [1.82, 2.24) is 5.32 Å². The van der Waals surface area contributed by atoms with Crippen LogP contribution in [0.5, 0.6) is 0 Å². The van der Waals surface area contributed by atoms with Crippen molar-refractivity contribution in [2.24, 2.45) is 4.99 Å². The number of nitrogens with one attached hydrogen (secondary N) is 2. The van der Waals surface area contributed by atoms with E-state index in [1.807, 2.05) is 6.07 Å². The number of alkyl halides is 3. The third kappa shape index (κ3) is 5.23. The maximum absolute atomic E-state index is 12.9. The fourth-order valence-electron chi connectivity index (χ4n) is 3.44. The van der Waals surface area contributed by atoms with Crippen LogP contribution in [-0.2, 0) is 6.18 Å². The van der Waals surface area contributed by atoms with Gasteiger partial charge in [0.1, 0.15) is 0 Å². The van der Waals surface area contributed by atoms with Gasteiger partial charge in [-0.25, -0.2) is 0 Å². The van der Waals surface area contributed by atoms with E-state index in [1.54, 1.807) is 61.5 Å². The Bertz CT molecular complexity index is 1280. The van der Waals surface area contributed by atoms with E-state index >= 15 is 0 Å². The van der Waals surface area contributed by atoms with Crippen LogP contribution in [0.3, 0.4) is 0 Å². The molecule has 4 rings (SSSR count). The maximum Gasteiger partial charge on any atom is 0.416 e. The number of halogens is 3. The average Bonchev–Trinajstić information content (AvgIpc) is 3.19. The smallest absolute Gasteiger partial charge is 0.323 e. The van der Waals surface area contributed by atoms with Gasteiger partial charge in [0.2, 0.25) is 0 Å². The van der Waals surface area contributed by atoms with E-state index in [2.05, 4.69) is 15.6 Å². The highest BCUT2D eigenvalue weighted by molar-refractivity contribution is 6.12. The zero-order valence-corrected chi connectivity index (χ0v) is 18.1. The van der Waals surface area contributed by atoms with Crippen LogP contribution in [0.4, 0.5) is 18.9 Å². The standard InChI is InChI=1S/C26H20F3N3O2/c1-16-22(32-25(34)19-8-5-9-20(14-19)26(27,28)29)15-23(30-16)17-10-12-21(13-11-17)31-24(33)18-6-3-2-4-7-18/h2-16H,1H3,(H,31,33)(H,32,34). The molecule has 1 atom stereocenters. The molecule has 1 unspecified atom stereocenters. The van der Waals surface area contributed by atoms with Gasteiger partial charge < -0.3 is 10.6 Å². The number of rotatable bonds is 5. The second kappa shape index (κ2) is 9.35. The molecule has 0 saturated heterocycles. The second-order valence-corrected chi connectivity index (χ2v) is 7.72. The van der Waals surface area contributed by atoms with Gasteiger partial charge in [-0.1, -0.05) is 36.4 Å². The van der Waals surface area contributed by atoms with Crippen LogP contribution in [0.25, 0.3) is 0 Å². The SMILES string of the molecule is CC1N=C(c2ccc(NC(=O)c3ccccc3)cc2)C=C1NC(=O)c1cccc(C(F)(F)F)c1. The monoisotopic (exact) mass is 463 g/mol. The Morgan fingerprint density at radius 2 is 1.47 bits per heavy atom. The molecule has 0 fully saturated rings. The lowest BCUT2D eigenvalue weighted by molar-refractivity contribution is -0.137. The summed E-state index contributed by atoms with van der Waals surface area (Å²) in [5, 5.41) is 5.48. The van der Waals surface area contributed by atoms with Crippen LogP contribution >= 0.6 is 0 Å². The first-order chi connectivity index (χ1) is 16.2. The summed E-state index contributed by atoms with van der Waals surface area (Å²) in [5.41, 5.74) is 2.07. The lowest BCUT2D eigenvalue weighted by Gasteiger charge is -2.11. The zero-order valence-electron chi connectivity index (χ0n) is 18.1. The molecule has 34 heavy (non-hydrogen) atoms. The predicted octanol–water partition coefficient (Wildman–Crippen LogP) is 5.46. The summed E-state index contributed by atoms with van der Waals surface area (Å²) < 4.78 is 38.8. The quantitative estimate of drug-likeness (QED) is 0.527. The molecule has 1 aliphatic heterocycles. The number of hydrogen-bond acceptors (Lipinski definition) is 3. The molecule has 1 heterocycles. The molecule has 0 aliphatic carbocycles. The third-order valence-electron chi connectivity index (χ3n) is 5.26. The van der Waals surface area contributed by atoms with Crippen molar-refractivity contribution in [3.05, 3.63) is 113 Å². The summed E-state index contributed by atoms with van der Waals surface area (Å²) in [4.78, 5) is 29.3. The first-order valence-electron chi connectivity index (χ1n) is 10.5. The van der Waals surface area contributed by atoms with Gasteiger partial charge >= 0.3 is 6.18 Å². The number of aliphatic imine (C=N–C) groups is 1. The van der Waals surface area contributed by atoms with E-state index < -0.39 is 17.6 Å². The zero-order chi connectivity index (χ0) is 24.3. The molecule has 172 valence electrons. The molecule has 1 aliphatic rings. The van der Waals surface area contributed by atoms with Gasteiger partial charge in [0.15, 0.2) is 0 Å². The van der Waals surface area contributed by atoms with Gasteiger partial charge in [-0.3, -0.25) is 14.6 Å². The Kier molecular flexibility index (Phi) is 6.32. The van der Waals surface area contributed by atoms with Gasteiger partial charge in [-0.15, -0.1) is 0 Å². The van der Waals surface area contributed by atoms with Crippen LogP contribution in [0.15, 0.2) is 95.6 Å².